The standard InChI is InChI=1S/C17H28N2O2/c1-13(2)11-18-12-15-5-7-16(8-6-15)21-10-9-17(20)19-14(3)4/h5-8,13-14,18H,9-12H2,1-4H3,(H,19,20). The number of nitrogens with one attached hydrogen (secondary N) is 2. The van der Waals surface area contributed by atoms with Gasteiger partial charge in [0.1, 0.15) is 5.75 Å². The van der Waals surface area contributed by atoms with Crippen LogP contribution in [0.3, 0.4) is 0 Å². The van der Waals surface area contributed by atoms with Crippen LogP contribution in [0.25, 0.3) is 0 Å². The van der Waals surface area contributed by atoms with Gasteiger partial charge in [-0.05, 0) is 44.0 Å². The Labute approximate surface area is 128 Å². The number of rotatable bonds is 9. The molecule has 4 heteroatoms. The molecule has 0 fully saturated rings. The molecule has 0 bridgehead atoms. The third kappa shape index (κ3) is 8.35. The second-order valence-corrected chi connectivity index (χ2v) is 5.99. The van der Waals surface area contributed by atoms with Crippen molar-refractivity contribution in [3.63, 3.8) is 0 Å². The summed E-state index contributed by atoms with van der Waals surface area (Å²) in [6.45, 7) is 10.6. The minimum absolute atomic E-state index is 0.0273. The van der Waals surface area contributed by atoms with Crippen LogP contribution in [-0.4, -0.2) is 25.1 Å². The van der Waals surface area contributed by atoms with E-state index in [2.05, 4.69) is 36.6 Å². The van der Waals surface area contributed by atoms with E-state index in [0.717, 1.165) is 18.8 Å². The summed E-state index contributed by atoms with van der Waals surface area (Å²) in [5, 5.41) is 6.25. The molecule has 0 aliphatic carbocycles. The average Bonchev–Trinajstić information content (AvgIpc) is 2.39. The molecule has 0 saturated carbocycles. The van der Waals surface area contributed by atoms with E-state index in [9.17, 15) is 4.79 Å². The molecule has 1 aromatic rings. The van der Waals surface area contributed by atoms with Crippen molar-refractivity contribution in [2.75, 3.05) is 13.2 Å². The molecule has 2 N–H and O–H groups in total. The van der Waals surface area contributed by atoms with Crippen LogP contribution in [0.1, 0.15) is 39.7 Å². The van der Waals surface area contributed by atoms with Crippen molar-refractivity contribution < 1.29 is 9.53 Å². The van der Waals surface area contributed by atoms with Crippen LogP contribution in [0, 0.1) is 5.92 Å². The van der Waals surface area contributed by atoms with Gasteiger partial charge < -0.3 is 15.4 Å². The summed E-state index contributed by atoms with van der Waals surface area (Å²) in [5.74, 6) is 1.49. The summed E-state index contributed by atoms with van der Waals surface area (Å²) >= 11 is 0. The zero-order chi connectivity index (χ0) is 15.7. The predicted octanol–water partition coefficient (Wildman–Crippen LogP) is 2.73. The smallest absolute Gasteiger partial charge is 0.223 e. The SMILES string of the molecule is CC(C)CNCc1ccc(OCCC(=O)NC(C)C)cc1. The predicted molar refractivity (Wildman–Crippen MR) is 86.4 cm³/mol. The Morgan fingerprint density at radius 2 is 1.81 bits per heavy atom. The fourth-order valence-corrected chi connectivity index (χ4v) is 1.86. The number of hydrogen-bond donors (Lipinski definition) is 2. The first-order valence-electron chi connectivity index (χ1n) is 7.69. The minimum Gasteiger partial charge on any atom is -0.493 e. The fourth-order valence-electron chi connectivity index (χ4n) is 1.86. The van der Waals surface area contributed by atoms with Gasteiger partial charge in [-0.2, -0.15) is 0 Å². The van der Waals surface area contributed by atoms with Crippen molar-refractivity contribution in [3.8, 4) is 5.75 Å². The number of ether oxygens (including phenoxy) is 1. The van der Waals surface area contributed by atoms with Gasteiger partial charge in [0.05, 0.1) is 13.0 Å². The van der Waals surface area contributed by atoms with E-state index in [-0.39, 0.29) is 11.9 Å². The first-order valence-corrected chi connectivity index (χ1v) is 7.69. The highest BCUT2D eigenvalue weighted by Gasteiger charge is 2.03. The van der Waals surface area contributed by atoms with E-state index >= 15 is 0 Å². The van der Waals surface area contributed by atoms with Crippen molar-refractivity contribution in [2.24, 2.45) is 5.92 Å². The highest BCUT2D eigenvalue weighted by atomic mass is 16.5. The van der Waals surface area contributed by atoms with Gasteiger partial charge in [0.2, 0.25) is 5.91 Å². The number of hydrogen-bond acceptors (Lipinski definition) is 3. The lowest BCUT2D eigenvalue weighted by Gasteiger charge is -2.10. The summed E-state index contributed by atoms with van der Waals surface area (Å²) in [6.07, 6.45) is 0.385. The van der Waals surface area contributed by atoms with Crippen LogP contribution in [0.5, 0.6) is 5.75 Å². The molecule has 4 nitrogen and oxygen atoms in total. The lowest BCUT2D eigenvalue weighted by atomic mass is 10.2. The van der Waals surface area contributed by atoms with Gasteiger partial charge in [-0.1, -0.05) is 26.0 Å². The molecule has 0 aliphatic heterocycles. The number of benzene rings is 1. The van der Waals surface area contributed by atoms with E-state index in [0.29, 0.717) is 18.9 Å². The topological polar surface area (TPSA) is 50.4 Å². The molecule has 1 amide bonds. The summed E-state index contributed by atoms with van der Waals surface area (Å²) in [6, 6.07) is 8.18. The molecule has 1 rings (SSSR count). The third-order valence-corrected chi connectivity index (χ3v) is 2.85. The molecule has 0 saturated heterocycles. The van der Waals surface area contributed by atoms with Crippen LogP contribution in [0.4, 0.5) is 0 Å². The molecular formula is C17H28N2O2. The Balaban J connectivity index is 2.26. The monoisotopic (exact) mass is 292 g/mol. The normalized spacial score (nSPS) is 11.0. The molecule has 0 radical (unpaired) electrons. The molecule has 21 heavy (non-hydrogen) atoms. The second-order valence-electron chi connectivity index (χ2n) is 5.99. The van der Waals surface area contributed by atoms with Crippen LogP contribution in [0.15, 0.2) is 24.3 Å². The van der Waals surface area contributed by atoms with E-state index in [1.54, 1.807) is 0 Å². The van der Waals surface area contributed by atoms with Crippen LogP contribution in [-0.2, 0) is 11.3 Å². The molecule has 118 valence electrons. The van der Waals surface area contributed by atoms with Gasteiger partial charge in [0.15, 0.2) is 0 Å². The van der Waals surface area contributed by atoms with Crippen LogP contribution in [0.2, 0.25) is 0 Å². The van der Waals surface area contributed by atoms with E-state index in [1.165, 1.54) is 5.56 Å². The van der Waals surface area contributed by atoms with Crippen molar-refractivity contribution in [3.05, 3.63) is 29.8 Å². The number of amides is 1. The number of carbonyl (C=O) groups excluding carboxylic acids is 1. The lowest BCUT2D eigenvalue weighted by Crippen LogP contribution is -2.31. The van der Waals surface area contributed by atoms with Crippen molar-refractivity contribution in [1.29, 1.82) is 0 Å². The molecule has 0 atom stereocenters. The third-order valence-electron chi connectivity index (χ3n) is 2.85. The zero-order valence-electron chi connectivity index (χ0n) is 13.6. The van der Waals surface area contributed by atoms with Gasteiger partial charge in [-0.25, -0.2) is 0 Å². The summed E-state index contributed by atoms with van der Waals surface area (Å²) < 4.78 is 5.57. The first-order chi connectivity index (χ1) is 9.97. The van der Waals surface area contributed by atoms with Crippen molar-refractivity contribution in [1.82, 2.24) is 10.6 Å². The Hall–Kier alpha value is -1.55. The highest BCUT2D eigenvalue weighted by molar-refractivity contribution is 5.76. The van der Waals surface area contributed by atoms with Crippen LogP contribution >= 0.6 is 0 Å². The molecule has 0 aromatic heterocycles. The Kier molecular flexibility index (Phi) is 7.83. The van der Waals surface area contributed by atoms with E-state index < -0.39 is 0 Å². The Bertz CT molecular complexity index is 413. The quantitative estimate of drug-likeness (QED) is 0.736. The second kappa shape index (κ2) is 9.40. The molecule has 0 spiro atoms. The van der Waals surface area contributed by atoms with Gasteiger partial charge in [0.25, 0.3) is 0 Å². The Morgan fingerprint density at radius 1 is 1.14 bits per heavy atom. The maximum absolute atomic E-state index is 11.5. The largest absolute Gasteiger partial charge is 0.493 e. The summed E-state index contributed by atoms with van der Waals surface area (Å²) in [7, 11) is 0. The molecular weight excluding hydrogens is 264 g/mol. The van der Waals surface area contributed by atoms with Gasteiger partial charge >= 0.3 is 0 Å². The number of carbonyl (C=O) groups is 1. The van der Waals surface area contributed by atoms with Crippen molar-refractivity contribution in [2.45, 2.75) is 46.7 Å². The van der Waals surface area contributed by atoms with Gasteiger partial charge in [0, 0.05) is 12.6 Å². The minimum atomic E-state index is 0.0273. The van der Waals surface area contributed by atoms with Gasteiger partial charge in [-0.15, -0.1) is 0 Å². The fraction of sp³-hybridized carbons (Fsp3) is 0.588. The summed E-state index contributed by atoms with van der Waals surface area (Å²) in [4.78, 5) is 11.5. The molecule has 0 aliphatic rings. The average molecular weight is 292 g/mol. The van der Waals surface area contributed by atoms with E-state index in [4.69, 9.17) is 4.74 Å². The van der Waals surface area contributed by atoms with Crippen LogP contribution < -0.4 is 15.4 Å². The zero-order valence-corrected chi connectivity index (χ0v) is 13.6. The Morgan fingerprint density at radius 3 is 2.38 bits per heavy atom. The lowest BCUT2D eigenvalue weighted by molar-refractivity contribution is -0.122. The van der Waals surface area contributed by atoms with E-state index in [1.807, 2.05) is 26.0 Å². The van der Waals surface area contributed by atoms with Gasteiger partial charge in [-0.3, -0.25) is 4.79 Å². The molecule has 0 heterocycles. The van der Waals surface area contributed by atoms with Crippen molar-refractivity contribution >= 4 is 5.91 Å². The maximum Gasteiger partial charge on any atom is 0.223 e. The highest BCUT2D eigenvalue weighted by Crippen LogP contribution is 2.12. The summed E-state index contributed by atoms with van der Waals surface area (Å²) in [5.41, 5.74) is 1.24. The first kappa shape index (κ1) is 17.5. The maximum atomic E-state index is 11.5. The molecule has 0 unspecified atom stereocenters. The molecule has 1 aromatic carbocycles.